The highest BCUT2D eigenvalue weighted by Gasteiger charge is 2.10. The number of nitrogens with one attached hydrogen (secondary N) is 1. The fourth-order valence-corrected chi connectivity index (χ4v) is 3.12. The third kappa shape index (κ3) is 2.48. The number of rotatable bonds is 2. The smallest absolute Gasteiger partial charge is 0.222 e. The number of nitrogens with two attached hydrogens (primary N) is 1. The van der Waals surface area contributed by atoms with Crippen molar-refractivity contribution >= 4 is 60.2 Å². The molecule has 3 aromatic rings. The highest BCUT2D eigenvalue weighted by atomic mass is 79.9. The van der Waals surface area contributed by atoms with Gasteiger partial charge in [0, 0.05) is 14.3 Å². The normalized spacial score (nSPS) is 10.7. The molecule has 0 unspecified atom stereocenters. The van der Waals surface area contributed by atoms with Gasteiger partial charge < -0.3 is 11.1 Å². The highest BCUT2D eigenvalue weighted by molar-refractivity contribution is 9.11. The first-order valence-electron chi connectivity index (χ1n) is 5.88. The molecule has 0 saturated carbocycles. The minimum atomic E-state index is 0.245. The average Bonchev–Trinajstić information content (AvgIpc) is 2.42. The molecule has 0 atom stereocenters. The molecule has 0 radical (unpaired) electrons. The standard InChI is InChI=1S/C14H10Br2N4/c15-9-5-3-6-10(16)12(9)19-13-8-4-1-2-7-11(8)18-14(17)20-13/h1-7H,(H3,17,18,19,20). The first-order chi connectivity index (χ1) is 9.65. The van der Waals surface area contributed by atoms with Crippen LogP contribution in [0.1, 0.15) is 0 Å². The van der Waals surface area contributed by atoms with E-state index in [4.69, 9.17) is 5.73 Å². The van der Waals surface area contributed by atoms with E-state index in [0.29, 0.717) is 5.82 Å². The molecule has 0 aliphatic carbocycles. The molecule has 4 nitrogen and oxygen atoms in total. The van der Waals surface area contributed by atoms with Crippen molar-refractivity contribution in [2.45, 2.75) is 0 Å². The van der Waals surface area contributed by atoms with Crippen LogP contribution in [0.2, 0.25) is 0 Å². The molecule has 0 aliphatic heterocycles. The lowest BCUT2D eigenvalue weighted by molar-refractivity contribution is 1.23. The number of aromatic nitrogens is 2. The second-order valence-electron chi connectivity index (χ2n) is 4.17. The zero-order valence-electron chi connectivity index (χ0n) is 10.3. The molecule has 6 heteroatoms. The largest absolute Gasteiger partial charge is 0.368 e. The Morgan fingerprint density at radius 1 is 0.900 bits per heavy atom. The Kier molecular flexibility index (Phi) is 3.58. The lowest BCUT2D eigenvalue weighted by Gasteiger charge is -2.12. The molecule has 1 heterocycles. The number of nitrogens with zero attached hydrogens (tertiary/aromatic N) is 2. The lowest BCUT2D eigenvalue weighted by atomic mass is 10.2. The van der Waals surface area contributed by atoms with Crippen molar-refractivity contribution in [1.29, 1.82) is 0 Å². The minimum absolute atomic E-state index is 0.245. The van der Waals surface area contributed by atoms with E-state index in [2.05, 4.69) is 47.1 Å². The maximum absolute atomic E-state index is 5.77. The molecule has 0 spiro atoms. The van der Waals surface area contributed by atoms with E-state index in [9.17, 15) is 0 Å². The van der Waals surface area contributed by atoms with E-state index in [1.54, 1.807) is 0 Å². The fraction of sp³-hybridized carbons (Fsp3) is 0. The zero-order chi connectivity index (χ0) is 14.1. The summed E-state index contributed by atoms with van der Waals surface area (Å²) in [6.07, 6.45) is 0. The Morgan fingerprint density at radius 2 is 1.60 bits per heavy atom. The van der Waals surface area contributed by atoms with Crippen molar-refractivity contribution in [3.63, 3.8) is 0 Å². The number of nitrogen functional groups attached to an aromatic ring is 1. The summed E-state index contributed by atoms with van der Waals surface area (Å²) in [5, 5.41) is 4.22. The highest BCUT2D eigenvalue weighted by Crippen LogP contribution is 2.34. The molecular weight excluding hydrogens is 384 g/mol. The van der Waals surface area contributed by atoms with Crippen LogP contribution in [0, 0.1) is 0 Å². The maximum atomic E-state index is 5.77. The molecule has 0 bridgehead atoms. The number of fused-ring (bicyclic) bond motifs is 1. The van der Waals surface area contributed by atoms with Gasteiger partial charge in [-0.1, -0.05) is 18.2 Å². The summed E-state index contributed by atoms with van der Waals surface area (Å²) < 4.78 is 1.88. The number of hydrogen-bond donors (Lipinski definition) is 2. The van der Waals surface area contributed by atoms with Crippen LogP contribution in [-0.4, -0.2) is 9.97 Å². The van der Waals surface area contributed by atoms with Crippen LogP contribution < -0.4 is 11.1 Å². The zero-order valence-corrected chi connectivity index (χ0v) is 13.4. The Bertz CT molecular complexity index is 769. The molecule has 1 aromatic heterocycles. The van der Waals surface area contributed by atoms with E-state index in [1.807, 2.05) is 42.5 Å². The van der Waals surface area contributed by atoms with Gasteiger partial charge in [-0.15, -0.1) is 0 Å². The van der Waals surface area contributed by atoms with E-state index in [0.717, 1.165) is 25.5 Å². The first-order valence-corrected chi connectivity index (χ1v) is 7.47. The molecule has 0 fully saturated rings. The average molecular weight is 394 g/mol. The molecule has 3 N–H and O–H groups in total. The molecule has 0 amide bonds. The van der Waals surface area contributed by atoms with Crippen molar-refractivity contribution in [3.8, 4) is 0 Å². The lowest BCUT2D eigenvalue weighted by Crippen LogP contribution is -2.02. The second kappa shape index (κ2) is 5.38. The van der Waals surface area contributed by atoms with E-state index in [-0.39, 0.29) is 5.95 Å². The van der Waals surface area contributed by atoms with Crippen LogP contribution in [0.4, 0.5) is 17.5 Å². The molecule has 0 aliphatic rings. The van der Waals surface area contributed by atoms with Gasteiger partial charge in [-0.25, -0.2) is 4.98 Å². The van der Waals surface area contributed by atoms with Gasteiger partial charge >= 0.3 is 0 Å². The topological polar surface area (TPSA) is 63.8 Å². The van der Waals surface area contributed by atoms with Crippen molar-refractivity contribution in [2.75, 3.05) is 11.1 Å². The predicted molar refractivity (Wildman–Crippen MR) is 89.1 cm³/mol. The van der Waals surface area contributed by atoms with Crippen molar-refractivity contribution in [3.05, 3.63) is 51.4 Å². The molecule has 0 saturated heterocycles. The van der Waals surface area contributed by atoms with Gasteiger partial charge in [0.15, 0.2) is 0 Å². The molecular formula is C14H10Br2N4. The van der Waals surface area contributed by atoms with Gasteiger partial charge in [0.2, 0.25) is 5.95 Å². The third-order valence-corrected chi connectivity index (χ3v) is 4.15. The van der Waals surface area contributed by atoms with Crippen molar-refractivity contribution in [1.82, 2.24) is 9.97 Å². The Labute approximate surface area is 132 Å². The van der Waals surface area contributed by atoms with Gasteiger partial charge in [-0.05, 0) is 56.1 Å². The summed E-state index contributed by atoms with van der Waals surface area (Å²) in [4.78, 5) is 8.52. The monoisotopic (exact) mass is 392 g/mol. The van der Waals surface area contributed by atoms with Crippen LogP contribution in [0.15, 0.2) is 51.4 Å². The fourth-order valence-electron chi connectivity index (χ4n) is 1.93. The van der Waals surface area contributed by atoms with Crippen LogP contribution in [0.5, 0.6) is 0 Å². The summed E-state index contributed by atoms with van der Waals surface area (Å²) >= 11 is 7.04. The number of para-hydroxylation sites is 2. The summed E-state index contributed by atoms with van der Waals surface area (Å²) in [5.74, 6) is 0.926. The van der Waals surface area contributed by atoms with Gasteiger partial charge in [0.1, 0.15) is 5.82 Å². The Morgan fingerprint density at radius 3 is 2.35 bits per heavy atom. The first kappa shape index (κ1) is 13.3. The van der Waals surface area contributed by atoms with E-state index < -0.39 is 0 Å². The van der Waals surface area contributed by atoms with Gasteiger partial charge in [-0.3, -0.25) is 0 Å². The molecule has 20 heavy (non-hydrogen) atoms. The van der Waals surface area contributed by atoms with Crippen LogP contribution in [0.3, 0.4) is 0 Å². The van der Waals surface area contributed by atoms with Crippen molar-refractivity contribution < 1.29 is 0 Å². The number of benzene rings is 2. The predicted octanol–water partition coefficient (Wildman–Crippen LogP) is 4.48. The van der Waals surface area contributed by atoms with E-state index >= 15 is 0 Å². The second-order valence-corrected chi connectivity index (χ2v) is 5.88. The minimum Gasteiger partial charge on any atom is -0.368 e. The summed E-state index contributed by atoms with van der Waals surface area (Å²) in [7, 11) is 0. The SMILES string of the molecule is Nc1nc(Nc2c(Br)cccc2Br)c2ccccc2n1. The Balaban J connectivity index is 2.16. The van der Waals surface area contributed by atoms with E-state index in [1.165, 1.54) is 0 Å². The summed E-state index contributed by atoms with van der Waals surface area (Å²) in [6, 6.07) is 13.6. The van der Waals surface area contributed by atoms with Crippen LogP contribution >= 0.6 is 31.9 Å². The van der Waals surface area contributed by atoms with Crippen LogP contribution in [0.25, 0.3) is 10.9 Å². The number of anilines is 3. The number of hydrogen-bond acceptors (Lipinski definition) is 4. The maximum Gasteiger partial charge on any atom is 0.222 e. The van der Waals surface area contributed by atoms with Crippen molar-refractivity contribution in [2.24, 2.45) is 0 Å². The molecule has 2 aromatic carbocycles. The van der Waals surface area contributed by atoms with Gasteiger partial charge in [0.05, 0.1) is 11.2 Å². The number of halogens is 2. The molecule has 100 valence electrons. The third-order valence-electron chi connectivity index (χ3n) is 2.83. The Hall–Kier alpha value is -1.66. The van der Waals surface area contributed by atoms with Gasteiger partial charge in [0.25, 0.3) is 0 Å². The quantitative estimate of drug-likeness (QED) is 0.673. The van der Waals surface area contributed by atoms with Crippen LogP contribution in [-0.2, 0) is 0 Å². The summed E-state index contributed by atoms with van der Waals surface area (Å²) in [6.45, 7) is 0. The summed E-state index contributed by atoms with van der Waals surface area (Å²) in [5.41, 5.74) is 7.48. The van der Waals surface area contributed by atoms with Gasteiger partial charge in [-0.2, -0.15) is 4.98 Å². The molecule has 3 rings (SSSR count).